The van der Waals surface area contributed by atoms with Crippen LogP contribution in [0.1, 0.15) is 45.2 Å². The molecule has 0 saturated carbocycles. The van der Waals surface area contributed by atoms with Gasteiger partial charge in [-0.1, -0.05) is 31.5 Å². The van der Waals surface area contributed by atoms with E-state index in [0.717, 1.165) is 24.2 Å². The van der Waals surface area contributed by atoms with Crippen LogP contribution in [0.15, 0.2) is 24.3 Å². The van der Waals surface area contributed by atoms with E-state index in [0.29, 0.717) is 0 Å². The molecule has 0 aliphatic rings. The van der Waals surface area contributed by atoms with Gasteiger partial charge in [-0.15, -0.1) is 0 Å². The fourth-order valence-corrected chi connectivity index (χ4v) is 1.61. The van der Waals surface area contributed by atoms with Crippen molar-refractivity contribution in [3.63, 3.8) is 0 Å². The van der Waals surface area contributed by atoms with E-state index in [-0.39, 0.29) is 12.1 Å². The van der Waals surface area contributed by atoms with E-state index in [4.69, 9.17) is 10.5 Å². The molecule has 0 aliphatic carbocycles. The number of para-hydroxylation sites is 1. The van der Waals surface area contributed by atoms with Gasteiger partial charge in [-0.25, -0.2) is 0 Å². The zero-order valence-corrected chi connectivity index (χ0v) is 9.86. The summed E-state index contributed by atoms with van der Waals surface area (Å²) in [6, 6.07) is 8.13. The topological polar surface area (TPSA) is 35.2 Å². The Balaban J connectivity index is 2.85. The summed E-state index contributed by atoms with van der Waals surface area (Å²) in [6.45, 7) is 6.20. The molecule has 2 nitrogen and oxygen atoms in total. The van der Waals surface area contributed by atoms with Gasteiger partial charge in [0.25, 0.3) is 0 Å². The van der Waals surface area contributed by atoms with Gasteiger partial charge in [0.1, 0.15) is 5.75 Å². The van der Waals surface area contributed by atoms with E-state index in [1.807, 2.05) is 32.0 Å². The van der Waals surface area contributed by atoms with Crippen molar-refractivity contribution in [1.82, 2.24) is 0 Å². The Kier molecular flexibility index (Phi) is 4.63. The zero-order chi connectivity index (χ0) is 11.3. The smallest absolute Gasteiger partial charge is 0.124 e. The quantitative estimate of drug-likeness (QED) is 0.804. The molecule has 0 aromatic heterocycles. The van der Waals surface area contributed by atoms with Crippen LogP contribution in [-0.4, -0.2) is 6.10 Å². The van der Waals surface area contributed by atoms with Crippen LogP contribution in [0, 0.1) is 0 Å². The summed E-state index contributed by atoms with van der Waals surface area (Å²) in [5, 5.41) is 0. The van der Waals surface area contributed by atoms with Crippen molar-refractivity contribution < 1.29 is 4.74 Å². The van der Waals surface area contributed by atoms with Crippen molar-refractivity contribution in [2.75, 3.05) is 0 Å². The average molecular weight is 207 g/mol. The van der Waals surface area contributed by atoms with Gasteiger partial charge in [0, 0.05) is 11.6 Å². The summed E-state index contributed by atoms with van der Waals surface area (Å²) in [5.41, 5.74) is 7.22. The first-order valence-corrected chi connectivity index (χ1v) is 5.66. The fourth-order valence-electron chi connectivity index (χ4n) is 1.61. The number of benzene rings is 1. The Morgan fingerprint density at radius 1 is 1.27 bits per heavy atom. The Bertz CT molecular complexity index is 296. The molecule has 1 aromatic rings. The van der Waals surface area contributed by atoms with Crippen molar-refractivity contribution in [1.29, 1.82) is 0 Å². The molecule has 1 rings (SSSR count). The average Bonchev–Trinajstić information content (AvgIpc) is 2.18. The van der Waals surface area contributed by atoms with Crippen molar-refractivity contribution >= 4 is 0 Å². The first kappa shape index (κ1) is 12.1. The Hall–Kier alpha value is -1.02. The molecular weight excluding hydrogens is 186 g/mol. The highest BCUT2D eigenvalue weighted by Gasteiger charge is 2.11. The number of hydrogen-bond acceptors (Lipinski definition) is 2. The lowest BCUT2D eigenvalue weighted by Gasteiger charge is -2.18. The monoisotopic (exact) mass is 207 g/mol. The molecule has 2 heteroatoms. The van der Waals surface area contributed by atoms with Crippen molar-refractivity contribution in [2.24, 2.45) is 5.73 Å². The van der Waals surface area contributed by atoms with E-state index < -0.39 is 0 Å². The normalized spacial score (nSPS) is 12.9. The highest BCUT2D eigenvalue weighted by Crippen LogP contribution is 2.26. The molecule has 0 bridgehead atoms. The first-order chi connectivity index (χ1) is 7.15. The van der Waals surface area contributed by atoms with Gasteiger partial charge in [0.15, 0.2) is 0 Å². The zero-order valence-electron chi connectivity index (χ0n) is 9.86. The highest BCUT2D eigenvalue weighted by atomic mass is 16.5. The number of nitrogens with two attached hydrogens (primary N) is 1. The maximum absolute atomic E-state index is 6.10. The van der Waals surface area contributed by atoms with E-state index >= 15 is 0 Å². The third-order valence-corrected chi connectivity index (χ3v) is 2.28. The predicted molar refractivity (Wildman–Crippen MR) is 64.0 cm³/mol. The van der Waals surface area contributed by atoms with Crippen molar-refractivity contribution in [2.45, 2.75) is 45.8 Å². The summed E-state index contributed by atoms with van der Waals surface area (Å²) in [5.74, 6) is 0.924. The summed E-state index contributed by atoms with van der Waals surface area (Å²) in [7, 11) is 0. The van der Waals surface area contributed by atoms with E-state index in [1.54, 1.807) is 0 Å². The second-order valence-corrected chi connectivity index (χ2v) is 4.10. The molecule has 0 heterocycles. The molecule has 2 N–H and O–H groups in total. The van der Waals surface area contributed by atoms with Gasteiger partial charge < -0.3 is 10.5 Å². The number of hydrogen-bond donors (Lipinski definition) is 1. The van der Waals surface area contributed by atoms with Gasteiger partial charge in [-0.3, -0.25) is 0 Å². The Labute approximate surface area is 92.4 Å². The van der Waals surface area contributed by atoms with E-state index in [2.05, 4.69) is 13.0 Å². The first-order valence-electron chi connectivity index (χ1n) is 5.66. The van der Waals surface area contributed by atoms with Crippen LogP contribution in [0.3, 0.4) is 0 Å². The van der Waals surface area contributed by atoms with Crippen LogP contribution in [0.25, 0.3) is 0 Å². The minimum absolute atomic E-state index is 0.0879. The van der Waals surface area contributed by atoms with Crippen LogP contribution < -0.4 is 10.5 Å². The molecule has 0 spiro atoms. The molecule has 0 saturated heterocycles. The lowest BCUT2D eigenvalue weighted by Crippen LogP contribution is -2.14. The maximum atomic E-state index is 6.10. The van der Waals surface area contributed by atoms with Gasteiger partial charge in [0.2, 0.25) is 0 Å². The highest BCUT2D eigenvalue weighted by molar-refractivity contribution is 5.35. The summed E-state index contributed by atoms with van der Waals surface area (Å²) in [4.78, 5) is 0. The third kappa shape index (κ3) is 3.56. The fraction of sp³-hybridized carbons (Fsp3) is 0.538. The minimum Gasteiger partial charge on any atom is -0.491 e. The minimum atomic E-state index is 0.0879. The molecule has 0 aliphatic heterocycles. The maximum Gasteiger partial charge on any atom is 0.124 e. The van der Waals surface area contributed by atoms with Gasteiger partial charge in [-0.05, 0) is 26.3 Å². The summed E-state index contributed by atoms with van der Waals surface area (Å²) in [6.07, 6.45) is 2.29. The molecular formula is C13H21NO. The lowest BCUT2D eigenvalue weighted by atomic mass is 10.0. The Morgan fingerprint density at radius 2 is 1.93 bits per heavy atom. The largest absolute Gasteiger partial charge is 0.491 e. The molecule has 0 amide bonds. The Morgan fingerprint density at radius 3 is 2.53 bits per heavy atom. The second kappa shape index (κ2) is 5.76. The van der Waals surface area contributed by atoms with E-state index in [9.17, 15) is 0 Å². The van der Waals surface area contributed by atoms with Crippen LogP contribution in [-0.2, 0) is 0 Å². The van der Waals surface area contributed by atoms with Crippen LogP contribution >= 0.6 is 0 Å². The lowest BCUT2D eigenvalue weighted by molar-refractivity contribution is 0.238. The standard InChI is InChI=1S/C13H21NO/c1-4-7-12(14)11-8-5-6-9-13(11)15-10(2)3/h5-6,8-10,12H,4,7,14H2,1-3H3/t12-/m1/s1. The van der Waals surface area contributed by atoms with Crippen LogP contribution in [0.2, 0.25) is 0 Å². The summed E-state index contributed by atoms with van der Waals surface area (Å²) >= 11 is 0. The SMILES string of the molecule is CCC[C@@H](N)c1ccccc1OC(C)C. The molecule has 15 heavy (non-hydrogen) atoms. The number of ether oxygens (including phenoxy) is 1. The summed E-state index contributed by atoms with van der Waals surface area (Å²) < 4.78 is 5.73. The van der Waals surface area contributed by atoms with Crippen molar-refractivity contribution in [3.05, 3.63) is 29.8 Å². The molecule has 1 aromatic carbocycles. The van der Waals surface area contributed by atoms with Gasteiger partial charge in [0.05, 0.1) is 6.10 Å². The molecule has 0 unspecified atom stereocenters. The molecule has 0 radical (unpaired) electrons. The van der Waals surface area contributed by atoms with E-state index in [1.165, 1.54) is 0 Å². The second-order valence-electron chi connectivity index (χ2n) is 4.10. The molecule has 1 atom stereocenters. The van der Waals surface area contributed by atoms with Gasteiger partial charge in [-0.2, -0.15) is 0 Å². The van der Waals surface area contributed by atoms with Crippen molar-refractivity contribution in [3.8, 4) is 5.75 Å². The van der Waals surface area contributed by atoms with Crippen LogP contribution in [0.4, 0.5) is 0 Å². The number of rotatable bonds is 5. The predicted octanol–water partition coefficient (Wildman–Crippen LogP) is 3.27. The molecule has 84 valence electrons. The van der Waals surface area contributed by atoms with Crippen LogP contribution in [0.5, 0.6) is 5.75 Å². The third-order valence-electron chi connectivity index (χ3n) is 2.28. The molecule has 0 fully saturated rings. The van der Waals surface area contributed by atoms with Gasteiger partial charge >= 0.3 is 0 Å².